The smallest absolute Gasteiger partial charge is 0.410 e. The Bertz CT molecular complexity index is 1330. The van der Waals surface area contributed by atoms with Crippen LogP contribution in [-0.2, 0) is 16.1 Å². The summed E-state index contributed by atoms with van der Waals surface area (Å²) in [6.07, 6.45) is 6.79. The molecule has 1 aliphatic rings. The zero-order chi connectivity index (χ0) is 32.3. The van der Waals surface area contributed by atoms with Gasteiger partial charge in [0, 0.05) is 58.2 Å². The first-order valence-corrected chi connectivity index (χ1v) is 15.2. The lowest BCUT2D eigenvalue weighted by atomic mass is 10.1. The second kappa shape index (κ2) is 16.0. The van der Waals surface area contributed by atoms with Gasteiger partial charge in [-0.15, -0.1) is 0 Å². The van der Waals surface area contributed by atoms with Crippen molar-refractivity contribution in [2.45, 2.75) is 66.3 Å². The van der Waals surface area contributed by atoms with Crippen molar-refractivity contribution in [2.75, 3.05) is 50.4 Å². The van der Waals surface area contributed by atoms with Gasteiger partial charge in [-0.2, -0.15) is 0 Å². The van der Waals surface area contributed by atoms with Crippen LogP contribution in [0.5, 0.6) is 0 Å². The quantitative estimate of drug-likeness (QED) is 0.235. The molecule has 2 aromatic rings. The van der Waals surface area contributed by atoms with Crippen molar-refractivity contribution in [1.29, 1.82) is 0 Å². The molecule has 11 nitrogen and oxygen atoms in total. The Morgan fingerprint density at radius 2 is 1.80 bits per heavy atom. The molecule has 1 aliphatic heterocycles. The normalized spacial score (nSPS) is 15.5. The van der Waals surface area contributed by atoms with Crippen LogP contribution >= 0.6 is 0 Å². The van der Waals surface area contributed by atoms with Crippen molar-refractivity contribution in [3.8, 4) is 0 Å². The van der Waals surface area contributed by atoms with Gasteiger partial charge in [-0.05, 0) is 76.9 Å². The van der Waals surface area contributed by atoms with Crippen LogP contribution in [0.2, 0.25) is 0 Å². The molecule has 1 aromatic carbocycles. The third-order valence-corrected chi connectivity index (χ3v) is 7.05. The van der Waals surface area contributed by atoms with Crippen LogP contribution in [0.1, 0.15) is 59.1 Å². The van der Waals surface area contributed by atoms with Gasteiger partial charge in [0.05, 0.1) is 11.9 Å². The van der Waals surface area contributed by atoms with Crippen LogP contribution in [0, 0.1) is 0 Å². The maximum absolute atomic E-state index is 12.7. The number of ether oxygens (including phenoxy) is 1. The number of aliphatic imine (C=N–C) groups is 2. The number of nitrogen functional groups attached to an aromatic ring is 1. The summed E-state index contributed by atoms with van der Waals surface area (Å²) in [5, 5.41) is 0. The number of amidine groups is 1. The molecule has 0 radical (unpaired) electrons. The Morgan fingerprint density at radius 1 is 1.11 bits per heavy atom. The maximum Gasteiger partial charge on any atom is 0.410 e. The number of hydrogen-bond acceptors (Lipinski definition) is 8. The number of aromatic nitrogens is 1. The average molecular weight is 605 g/mol. The molecule has 3 rings (SSSR count). The fourth-order valence-corrected chi connectivity index (χ4v) is 4.49. The standard InChI is InChI=1S/C33H48N8O3/c1-8-10-13-29(42)38(7)25(3)37-31(28-12-11-18-36-30(28)34)41(24-35-9-2)27-16-14-26(15-17-27)23-39-19-21-40(22-20-39)32(43)44-33(4,5)6/h10-18,24-25H,8-9,19-23H2,1-7H3,(H2,34,36)/b13-10-,35-24+,37-31-. The van der Waals surface area contributed by atoms with Crippen LogP contribution < -0.4 is 10.6 Å². The Morgan fingerprint density at radius 3 is 2.39 bits per heavy atom. The van der Waals surface area contributed by atoms with Gasteiger partial charge in [-0.3, -0.25) is 19.6 Å². The molecule has 0 aliphatic carbocycles. The first-order chi connectivity index (χ1) is 20.9. The molecule has 238 valence electrons. The first-order valence-electron chi connectivity index (χ1n) is 15.2. The lowest BCUT2D eigenvalue weighted by molar-refractivity contribution is -0.126. The van der Waals surface area contributed by atoms with E-state index in [0.717, 1.165) is 37.3 Å². The van der Waals surface area contributed by atoms with E-state index >= 15 is 0 Å². The number of carbonyl (C=O) groups is 2. The fourth-order valence-electron chi connectivity index (χ4n) is 4.49. The van der Waals surface area contributed by atoms with E-state index < -0.39 is 11.8 Å². The fraction of sp³-hybridized carbons (Fsp3) is 0.485. The summed E-state index contributed by atoms with van der Waals surface area (Å²) in [6.45, 7) is 15.6. The SMILES string of the molecule is CC/C=C\C(=O)N(C)C(C)/N=C(/c1cccnc1N)N(/C=N/CC)c1ccc(CN2CCN(C(=O)OC(C)(C)C)CC2)cc1. The molecule has 1 unspecified atom stereocenters. The summed E-state index contributed by atoms with van der Waals surface area (Å²) >= 11 is 0. The van der Waals surface area contributed by atoms with Crippen molar-refractivity contribution in [1.82, 2.24) is 19.7 Å². The second-order valence-corrected chi connectivity index (χ2v) is 11.7. The van der Waals surface area contributed by atoms with Crippen LogP contribution in [0.25, 0.3) is 0 Å². The molecule has 1 saturated heterocycles. The third kappa shape index (κ3) is 9.90. The van der Waals surface area contributed by atoms with E-state index in [1.54, 1.807) is 35.5 Å². The van der Waals surface area contributed by atoms with Crippen molar-refractivity contribution < 1.29 is 14.3 Å². The van der Waals surface area contributed by atoms with Gasteiger partial charge in [-0.25, -0.2) is 14.8 Å². The number of pyridine rings is 1. The van der Waals surface area contributed by atoms with Gasteiger partial charge in [0.25, 0.3) is 0 Å². The Labute approximate surface area is 262 Å². The average Bonchev–Trinajstić information content (AvgIpc) is 2.99. The summed E-state index contributed by atoms with van der Waals surface area (Å²) in [5.41, 5.74) is 8.46. The molecule has 0 bridgehead atoms. The lowest BCUT2D eigenvalue weighted by Gasteiger charge is -2.35. The number of hydrogen-bond donors (Lipinski definition) is 1. The highest BCUT2D eigenvalue weighted by Crippen LogP contribution is 2.22. The minimum absolute atomic E-state index is 0.133. The molecule has 1 aromatic heterocycles. The molecule has 44 heavy (non-hydrogen) atoms. The number of carbonyl (C=O) groups excluding carboxylic acids is 2. The van der Waals surface area contributed by atoms with Crippen LogP contribution in [0.4, 0.5) is 16.3 Å². The molecule has 11 heteroatoms. The number of allylic oxidation sites excluding steroid dienone is 1. The van der Waals surface area contributed by atoms with Gasteiger partial charge in [0.15, 0.2) is 0 Å². The molecule has 0 saturated carbocycles. The Balaban J connectivity index is 1.84. The van der Waals surface area contributed by atoms with Gasteiger partial charge in [-0.1, -0.05) is 25.1 Å². The van der Waals surface area contributed by atoms with Crippen molar-refractivity contribution in [2.24, 2.45) is 9.98 Å². The van der Waals surface area contributed by atoms with Crippen LogP contribution in [0.15, 0.2) is 64.7 Å². The highest BCUT2D eigenvalue weighted by molar-refractivity contribution is 6.21. The summed E-state index contributed by atoms with van der Waals surface area (Å²) in [6, 6.07) is 11.9. The van der Waals surface area contributed by atoms with Crippen molar-refractivity contribution >= 4 is 35.7 Å². The van der Waals surface area contributed by atoms with E-state index in [4.69, 9.17) is 15.5 Å². The van der Waals surface area contributed by atoms with Gasteiger partial charge >= 0.3 is 6.09 Å². The maximum atomic E-state index is 12.7. The largest absolute Gasteiger partial charge is 0.444 e. The molecule has 1 fully saturated rings. The van der Waals surface area contributed by atoms with E-state index in [1.165, 1.54) is 0 Å². The molecular formula is C33H48N8O3. The highest BCUT2D eigenvalue weighted by Gasteiger charge is 2.26. The van der Waals surface area contributed by atoms with E-state index in [9.17, 15) is 9.59 Å². The van der Waals surface area contributed by atoms with Crippen molar-refractivity contribution in [3.63, 3.8) is 0 Å². The predicted octanol–water partition coefficient (Wildman–Crippen LogP) is 4.79. The third-order valence-electron chi connectivity index (χ3n) is 7.05. The van der Waals surface area contributed by atoms with Gasteiger partial charge in [0.2, 0.25) is 5.91 Å². The number of piperazine rings is 1. The van der Waals surface area contributed by atoms with Crippen LogP contribution in [0.3, 0.4) is 0 Å². The monoisotopic (exact) mass is 604 g/mol. The second-order valence-electron chi connectivity index (χ2n) is 11.7. The summed E-state index contributed by atoms with van der Waals surface area (Å²) < 4.78 is 5.53. The highest BCUT2D eigenvalue weighted by atomic mass is 16.6. The van der Waals surface area contributed by atoms with E-state index in [-0.39, 0.29) is 12.0 Å². The van der Waals surface area contributed by atoms with E-state index in [2.05, 4.69) is 27.0 Å². The number of benzene rings is 1. The molecule has 0 spiro atoms. The summed E-state index contributed by atoms with van der Waals surface area (Å²) in [4.78, 5) is 46.5. The van der Waals surface area contributed by atoms with Gasteiger partial charge in [0.1, 0.15) is 23.4 Å². The number of nitrogens with two attached hydrogens (primary N) is 1. The molecule has 2 heterocycles. The molecule has 2 amide bonds. The number of amides is 2. The Hall–Kier alpha value is -4.25. The number of nitrogens with zero attached hydrogens (tertiary/aromatic N) is 7. The van der Waals surface area contributed by atoms with Crippen LogP contribution in [-0.4, -0.2) is 95.4 Å². The van der Waals surface area contributed by atoms with E-state index in [1.807, 2.05) is 76.8 Å². The lowest BCUT2D eigenvalue weighted by Crippen LogP contribution is -2.49. The summed E-state index contributed by atoms with van der Waals surface area (Å²) in [5.74, 6) is 0.729. The summed E-state index contributed by atoms with van der Waals surface area (Å²) in [7, 11) is 1.73. The number of rotatable bonds is 10. The number of anilines is 2. The van der Waals surface area contributed by atoms with Gasteiger partial charge < -0.3 is 20.3 Å². The Kier molecular flexibility index (Phi) is 12.5. The predicted molar refractivity (Wildman–Crippen MR) is 178 cm³/mol. The minimum Gasteiger partial charge on any atom is -0.444 e. The zero-order valence-corrected chi connectivity index (χ0v) is 27.2. The molecular weight excluding hydrogens is 556 g/mol. The molecule has 1 atom stereocenters. The molecule has 2 N–H and O–H groups in total. The number of likely N-dealkylation sites (N-methyl/N-ethyl adjacent to an activating group) is 1. The zero-order valence-electron chi connectivity index (χ0n) is 27.2. The minimum atomic E-state index is -0.504. The first kappa shape index (κ1) is 34.2. The topological polar surface area (TPSA) is 120 Å². The van der Waals surface area contributed by atoms with E-state index in [0.29, 0.717) is 36.9 Å². The van der Waals surface area contributed by atoms with Crippen molar-refractivity contribution in [3.05, 3.63) is 65.9 Å².